The van der Waals surface area contributed by atoms with E-state index in [4.69, 9.17) is 11.1 Å². The topological polar surface area (TPSA) is 180 Å². The summed E-state index contributed by atoms with van der Waals surface area (Å²) in [5, 5.41) is 48.4. The van der Waals surface area contributed by atoms with Gasteiger partial charge in [-0.3, -0.25) is 10.2 Å². The molecule has 7 N–H and O–H groups in total. The third-order valence-electron chi connectivity index (χ3n) is 5.83. The van der Waals surface area contributed by atoms with Crippen LogP contribution in [0.4, 0.5) is 0 Å². The second-order valence-electron chi connectivity index (χ2n) is 8.42. The normalized spacial score (nSPS) is 11.3. The first-order valence-corrected chi connectivity index (χ1v) is 10.2. The molecule has 0 bridgehead atoms. The van der Waals surface area contributed by atoms with Crippen LogP contribution in [0, 0.1) is 16.7 Å². The van der Waals surface area contributed by atoms with Gasteiger partial charge in [0.05, 0.1) is 33.6 Å². The van der Waals surface area contributed by atoms with Gasteiger partial charge in [-0.15, -0.1) is 0 Å². The number of carbonyl (C=O) groups is 1. The molecular formula is C25H21N5O4. The molecule has 0 saturated heterocycles. The maximum atomic E-state index is 12.0. The quantitative estimate of drug-likeness (QED) is 0.195. The Labute approximate surface area is 194 Å². The average molecular weight is 455 g/mol. The molecule has 0 amide bonds. The minimum absolute atomic E-state index is 0.110. The zero-order valence-corrected chi connectivity index (χ0v) is 18.3. The second kappa shape index (κ2) is 7.94. The molecule has 0 fully saturated rings. The van der Waals surface area contributed by atoms with Crippen molar-refractivity contribution in [2.24, 2.45) is 5.73 Å². The molecule has 0 aliphatic rings. The predicted molar refractivity (Wildman–Crippen MR) is 127 cm³/mol. The van der Waals surface area contributed by atoms with Crippen LogP contribution in [0.2, 0.25) is 0 Å². The van der Waals surface area contributed by atoms with Crippen molar-refractivity contribution in [2.45, 2.75) is 19.3 Å². The van der Waals surface area contributed by atoms with Crippen molar-refractivity contribution in [1.29, 1.82) is 10.7 Å². The summed E-state index contributed by atoms with van der Waals surface area (Å²) in [7, 11) is 0. The van der Waals surface area contributed by atoms with Gasteiger partial charge in [-0.25, -0.2) is 4.98 Å². The third-order valence-corrected chi connectivity index (χ3v) is 5.83. The van der Waals surface area contributed by atoms with Crippen molar-refractivity contribution in [2.75, 3.05) is 0 Å². The third kappa shape index (κ3) is 3.67. The van der Waals surface area contributed by atoms with E-state index < -0.39 is 11.4 Å². The number of nitriles is 1. The van der Waals surface area contributed by atoms with Crippen molar-refractivity contribution >= 4 is 22.8 Å². The van der Waals surface area contributed by atoms with Crippen molar-refractivity contribution in [3.8, 4) is 40.1 Å². The fourth-order valence-corrected chi connectivity index (χ4v) is 3.63. The molecule has 1 aromatic heterocycles. The van der Waals surface area contributed by atoms with E-state index in [0.29, 0.717) is 22.2 Å². The van der Waals surface area contributed by atoms with Gasteiger partial charge in [0.2, 0.25) is 0 Å². The number of aliphatic carboxylic acids is 1. The van der Waals surface area contributed by atoms with Crippen LogP contribution in [-0.4, -0.2) is 37.1 Å². The maximum absolute atomic E-state index is 12.0. The zero-order chi connectivity index (χ0) is 24.8. The first-order chi connectivity index (χ1) is 16.0. The highest BCUT2D eigenvalue weighted by Crippen LogP contribution is 2.44. The zero-order valence-electron chi connectivity index (χ0n) is 18.3. The Bertz CT molecular complexity index is 1530. The minimum Gasteiger partial charge on any atom is -0.507 e. The number of phenolic OH excluding ortho intramolecular Hbond substituents is 2. The molecule has 9 heteroatoms. The lowest BCUT2D eigenvalue weighted by atomic mass is 9.81. The Kier molecular flexibility index (Phi) is 5.22. The number of phenols is 2. The number of nitrogens with two attached hydrogens (primary N) is 1. The van der Waals surface area contributed by atoms with Crippen LogP contribution in [0.25, 0.3) is 33.5 Å². The molecule has 0 radical (unpaired) electrons. The molecule has 9 nitrogen and oxygen atoms in total. The molecule has 170 valence electrons. The number of aromatic hydroxyl groups is 2. The number of carboxylic acids is 1. The average Bonchev–Trinajstić information content (AvgIpc) is 3.22. The van der Waals surface area contributed by atoms with Gasteiger partial charge < -0.3 is 26.0 Å². The van der Waals surface area contributed by atoms with Crippen LogP contribution >= 0.6 is 0 Å². The fraction of sp³-hybridized carbons (Fsp3) is 0.120. The molecule has 1 heterocycles. The molecule has 0 aliphatic carbocycles. The lowest BCUT2D eigenvalue weighted by Crippen LogP contribution is -2.28. The molecule has 3 aromatic carbocycles. The standard InChI is InChI=1S/C25H21N5O4/c1-25(2,24(33)34)14-9-16(15-7-12(11-26)3-6-20(15)31)21(32)17(10-14)23-29-18-5-4-13(22(27)28)8-19(18)30-23/h3-10,31-32H,1-2H3,(H3,27,28)(H,29,30)(H,33,34). The Morgan fingerprint density at radius 3 is 2.44 bits per heavy atom. The highest BCUT2D eigenvalue weighted by molar-refractivity contribution is 5.98. The highest BCUT2D eigenvalue weighted by atomic mass is 16.4. The number of amidine groups is 1. The van der Waals surface area contributed by atoms with E-state index in [2.05, 4.69) is 9.97 Å². The summed E-state index contributed by atoms with van der Waals surface area (Å²) >= 11 is 0. The number of imidazole rings is 1. The van der Waals surface area contributed by atoms with E-state index in [1.165, 1.54) is 44.2 Å². The lowest BCUT2D eigenvalue weighted by molar-refractivity contribution is -0.142. The van der Waals surface area contributed by atoms with Crippen LogP contribution < -0.4 is 5.73 Å². The van der Waals surface area contributed by atoms with Gasteiger partial charge in [-0.2, -0.15) is 5.26 Å². The number of nitrogen functional groups attached to an aromatic ring is 1. The number of benzene rings is 3. The molecule has 4 rings (SSSR count). The Hall–Kier alpha value is -4.84. The number of carboxylic acid groups (broad SMARTS) is 1. The number of aromatic amines is 1. The summed E-state index contributed by atoms with van der Waals surface area (Å²) in [6.45, 7) is 3.05. The molecule has 0 saturated carbocycles. The van der Waals surface area contributed by atoms with Gasteiger partial charge in [-0.05, 0) is 67.9 Å². The summed E-state index contributed by atoms with van der Waals surface area (Å²) in [5.41, 5.74) is 7.01. The first kappa shape index (κ1) is 22.4. The van der Waals surface area contributed by atoms with Gasteiger partial charge in [0.25, 0.3) is 0 Å². The van der Waals surface area contributed by atoms with Crippen LogP contribution in [-0.2, 0) is 10.2 Å². The monoisotopic (exact) mass is 455 g/mol. The molecular weight excluding hydrogens is 434 g/mol. The highest BCUT2D eigenvalue weighted by Gasteiger charge is 2.32. The number of aromatic nitrogens is 2. The van der Waals surface area contributed by atoms with Crippen molar-refractivity contribution in [3.63, 3.8) is 0 Å². The van der Waals surface area contributed by atoms with Crippen LogP contribution in [0.15, 0.2) is 48.5 Å². The fourth-order valence-electron chi connectivity index (χ4n) is 3.63. The van der Waals surface area contributed by atoms with E-state index in [1.54, 1.807) is 18.2 Å². The number of H-pyrrole nitrogens is 1. The van der Waals surface area contributed by atoms with Gasteiger partial charge in [-0.1, -0.05) is 0 Å². The summed E-state index contributed by atoms with van der Waals surface area (Å²) in [4.78, 5) is 19.6. The Balaban J connectivity index is 2.03. The summed E-state index contributed by atoms with van der Waals surface area (Å²) in [5.74, 6) is -1.36. The maximum Gasteiger partial charge on any atom is 0.313 e. The SMILES string of the molecule is CC(C)(C(=O)O)c1cc(-c2nc3ccc(C(=N)N)cc3[nH]2)c(O)c(-c2cc(C#N)ccc2O)c1. The smallest absolute Gasteiger partial charge is 0.313 e. The van der Waals surface area contributed by atoms with Crippen molar-refractivity contribution in [3.05, 3.63) is 65.2 Å². The number of hydrogen-bond donors (Lipinski definition) is 6. The summed E-state index contributed by atoms with van der Waals surface area (Å²) in [6, 6.07) is 14.2. The summed E-state index contributed by atoms with van der Waals surface area (Å²) < 4.78 is 0. The molecule has 0 unspecified atom stereocenters. The van der Waals surface area contributed by atoms with E-state index in [-0.39, 0.29) is 45.4 Å². The van der Waals surface area contributed by atoms with Gasteiger partial charge in [0.1, 0.15) is 23.2 Å². The number of nitrogens with zero attached hydrogens (tertiary/aromatic N) is 2. The largest absolute Gasteiger partial charge is 0.507 e. The number of hydrogen-bond acceptors (Lipinski definition) is 6. The lowest BCUT2D eigenvalue weighted by Gasteiger charge is -2.22. The number of nitrogens with one attached hydrogen (secondary N) is 2. The second-order valence-corrected chi connectivity index (χ2v) is 8.42. The van der Waals surface area contributed by atoms with Crippen LogP contribution in [0.5, 0.6) is 11.5 Å². The molecule has 0 aliphatic heterocycles. The molecule has 34 heavy (non-hydrogen) atoms. The number of fused-ring (bicyclic) bond motifs is 1. The van der Waals surface area contributed by atoms with Gasteiger partial charge >= 0.3 is 5.97 Å². The van der Waals surface area contributed by atoms with E-state index in [0.717, 1.165) is 0 Å². The molecule has 0 atom stereocenters. The Morgan fingerprint density at radius 2 is 1.79 bits per heavy atom. The van der Waals surface area contributed by atoms with E-state index in [1.807, 2.05) is 6.07 Å². The minimum atomic E-state index is -1.34. The predicted octanol–water partition coefficient (Wildman–Crippen LogP) is 3.83. The van der Waals surface area contributed by atoms with Crippen LogP contribution in [0.1, 0.15) is 30.5 Å². The summed E-state index contributed by atoms with van der Waals surface area (Å²) in [6.07, 6.45) is 0. The van der Waals surface area contributed by atoms with Crippen molar-refractivity contribution in [1.82, 2.24) is 9.97 Å². The van der Waals surface area contributed by atoms with Gasteiger partial charge in [0.15, 0.2) is 0 Å². The first-order valence-electron chi connectivity index (χ1n) is 10.2. The van der Waals surface area contributed by atoms with Gasteiger partial charge in [0, 0.05) is 16.7 Å². The van der Waals surface area contributed by atoms with E-state index >= 15 is 0 Å². The molecule has 4 aromatic rings. The Morgan fingerprint density at radius 1 is 1.09 bits per heavy atom. The van der Waals surface area contributed by atoms with Crippen LogP contribution in [0.3, 0.4) is 0 Å². The number of rotatable bonds is 5. The molecule has 0 spiro atoms. The van der Waals surface area contributed by atoms with Crippen molar-refractivity contribution < 1.29 is 20.1 Å². The van der Waals surface area contributed by atoms with E-state index in [9.17, 15) is 25.4 Å².